The molecule has 1 unspecified atom stereocenters. The molecule has 18 heteroatoms. The normalized spacial score (nSPS) is 14.5. The summed E-state index contributed by atoms with van der Waals surface area (Å²) >= 11 is 0.167. The van der Waals surface area contributed by atoms with Gasteiger partial charge in [0.15, 0.2) is 26.9 Å². The molecule has 0 saturated carbocycles. The van der Waals surface area contributed by atoms with Crippen molar-refractivity contribution >= 4 is 67.1 Å². The van der Waals surface area contributed by atoms with Crippen molar-refractivity contribution in [3.8, 4) is 17.0 Å². The van der Waals surface area contributed by atoms with Gasteiger partial charge in [-0.2, -0.15) is 14.6 Å². The quantitative estimate of drug-likeness (QED) is 0.0614. The average Bonchev–Trinajstić information content (AvgIpc) is 3.91. The van der Waals surface area contributed by atoms with Gasteiger partial charge in [-0.25, -0.2) is 18.5 Å². The number of halogens is 2. The summed E-state index contributed by atoms with van der Waals surface area (Å²) in [5.41, 5.74) is 4.79. The summed E-state index contributed by atoms with van der Waals surface area (Å²) in [5, 5.41) is 14.3. The van der Waals surface area contributed by atoms with Crippen LogP contribution in [-0.2, 0) is 10.1 Å². The number of benzene rings is 2. The summed E-state index contributed by atoms with van der Waals surface area (Å²) < 4.78 is 40.3. The molecular weight excluding hydrogens is 838 g/mol. The van der Waals surface area contributed by atoms with Crippen LogP contribution in [0.2, 0.25) is 0 Å². The Bertz CT molecular complexity index is 2320. The zero-order valence-corrected chi connectivity index (χ0v) is 34.5. The SMILES string of the molecule is CCCC(I=O)n1c(=O)n(C)c2cc(N3CCN(CCCN(C)Sc4ccc(Nc5nc6c(OC(C)C)c(-c7cn[nH]c7)ncn6n5)c(F)c4)CC3)ccc21. The van der Waals surface area contributed by atoms with E-state index < -0.39 is 27.0 Å². The Morgan fingerprint density at radius 3 is 2.65 bits per heavy atom. The molecule has 1 aliphatic rings. The van der Waals surface area contributed by atoms with Crippen LogP contribution in [0.4, 0.5) is 21.7 Å². The van der Waals surface area contributed by atoms with Crippen molar-refractivity contribution in [3.63, 3.8) is 0 Å². The third kappa shape index (κ3) is 8.56. The molecule has 0 amide bonds. The minimum absolute atomic E-state index is 0.100. The minimum atomic E-state index is -1.34. The molecule has 1 fully saturated rings. The molecular formula is C37H46FIN12O3S. The van der Waals surface area contributed by atoms with Crippen LogP contribution in [0.3, 0.4) is 0 Å². The summed E-state index contributed by atoms with van der Waals surface area (Å²) in [6, 6.07) is 11.3. The number of rotatable bonds is 16. The first-order valence-corrected chi connectivity index (χ1v) is 21.3. The maximum Gasteiger partial charge on any atom is 0.329 e. The highest BCUT2D eigenvalue weighted by Crippen LogP contribution is 2.34. The van der Waals surface area contributed by atoms with Crippen LogP contribution in [0.1, 0.15) is 44.1 Å². The molecule has 292 valence electrons. The number of fused-ring (bicyclic) bond motifs is 2. The van der Waals surface area contributed by atoms with E-state index in [1.807, 2.05) is 33.0 Å². The number of nitrogens with zero attached hydrogens (tertiary/aromatic N) is 10. The number of hydrogen-bond acceptors (Lipinski definition) is 12. The van der Waals surface area contributed by atoms with Crippen molar-refractivity contribution in [2.24, 2.45) is 7.05 Å². The van der Waals surface area contributed by atoms with Crippen molar-refractivity contribution in [2.75, 3.05) is 56.5 Å². The van der Waals surface area contributed by atoms with Crippen LogP contribution in [0.5, 0.6) is 5.75 Å². The van der Waals surface area contributed by atoms with Crippen LogP contribution in [0.25, 0.3) is 27.9 Å². The number of aryl methyl sites for hydroxylation is 1. The van der Waals surface area contributed by atoms with Crippen LogP contribution >= 0.6 is 33.1 Å². The highest BCUT2D eigenvalue weighted by Gasteiger charge is 2.23. The Morgan fingerprint density at radius 1 is 1.13 bits per heavy atom. The summed E-state index contributed by atoms with van der Waals surface area (Å²) in [4.78, 5) is 27.8. The predicted molar refractivity (Wildman–Crippen MR) is 221 cm³/mol. The Kier molecular flexibility index (Phi) is 12.1. The van der Waals surface area contributed by atoms with Gasteiger partial charge in [0.05, 0.1) is 29.0 Å². The van der Waals surface area contributed by atoms with Crippen molar-refractivity contribution < 1.29 is 12.2 Å². The number of ether oxygens (including phenoxy) is 1. The molecule has 15 nitrogen and oxygen atoms in total. The number of anilines is 3. The third-order valence-corrected chi connectivity index (χ3v) is 12.3. The number of aromatic nitrogens is 8. The van der Waals surface area contributed by atoms with Gasteiger partial charge in [-0.3, -0.25) is 22.2 Å². The topological polar surface area (TPSA) is 147 Å². The molecule has 1 saturated heterocycles. The van der Waals surface area contributed by atoms with E-state index in [0.29, 0.717) is 17.1 Å². The van der Waals surface area contributed by atoms with Crippen molar-refractivity contribution in [2.45, 2.75) is 55.1 Å². The molecule has 0 bridgehead atoms. The lowest BCUT2D eigenvalue weighted by atomic mass is 10.2. The number of H-pyrrole nitrogens is 1. The highest BCUT2D eigenvalue weighted by atomic mass is 127. The number of hydrogen-bond donors (Lipinski definition) is 2. The van der Waals surface area contributed by atoms with E-state index in [1.54, 1.807) is 41.0 Å². The van der Waals surface area contributed by atoms with Crippen LogP contribution < -0.4 is 20.6 Å². The van der Waals surface area contributed by atoms with Gasteiger partial charge < -0.3 is 15.0 Å². The first-order valence-electron chi connectivity index (χ1n) is 18.4. The molecule has 55 heavy (non-hydrogen) atoms. The fourth-order valence-corrected chi connectivity index (χ4v) is 9.34. The molecule has 2 N–H and O–H groups in total. The Labute approximate surface area is 333 Å². The van der Waals surface area contributed by atoms with Crippen molar-refractivity contribution in [3.05, 3.63) is 71.4 Å². The fourth-order valence-electron chi connectivity index (χ4n) is 6.84. The second-order valence-electron chi connectivity index (χ2n) is 13.9. The zero-order chi connectivity index (χ0) is 38.6. The van der Waals surface area contributed by atoms with Crippen molar-refractivity contribution in [1.82, 2.24) is 48.1 Å². The largest absolute Gasteiger partial charge is 0.485 e. The Morgan fingerprint density at radius 2 is 1.95 bits per heavy atom. The Balaban J connectivity index is 0.900. The van der Waals surface area contributed by atoms with E-state index in [1.165, 1.54) is 22.5 Å². The summed E-state index contributed by atoms with van der Waals surface area (Å²) in [6.07, 6.45) is 7.41. The van der Waals surface area contributed by atoms with Crippen LogP contribution in [0.15, 0.2) is 64.8 Å². The van der Waals surface area contributed by atoms with Gasteiger partial charge in [-0.05, 0) is 88.6 Å². The maximum atomic E-state index is 15.3. The Hall–Kier alpha value is -4.40. The second kappa shape index (κ2) is 17.2. The molecule has 7 rings (SSSR count). The summed E-state index contributed by atoms with van der Waals surface area (Å²) in [5.74, 6) is 0.277. The smallest absolute Gasteiger partial charge is 0.329 e. The van der Waals surface area contributed by atoms with Crippen LogP contribution in [-0.4, -0.2) is 101 Å². The van der Waals surface area contributed by atoms with Crippen LogP contribution in [0, 0.1) is 5.82 Å². The maximum absolute atomic E-state index is 15.3. The molecule has 0 spiro atoms. The third-order valence-electron chi connectivity index (χ3n) is 9.59. The van der Waals surface area contributed by atoms with E-state index in [2.05, 4.69) is 63.7 Å². The number of piperazine rings is 1. The lowest BCUT2D eigenvalue weighted by molar-refractivity contribution is 0.244. The number of nitrogens with one attached hydrogen (secondary N) is 2. The predicted octanol–water partition coefficient (Wildman–Crippen LogP) is 6.60. The van der Waals surface area contributed by atoms with Gasteiger partial charge >= 0.3 is 5.69 Å². The lowest BCUT2D eigenvalue weighted by Gasteiger charge is -2.36. The molecule has 1 atom stereocenters. The average molecular weight is 885 g/mol. The van der Waals surface area contributed by atoms with E-state index >= 15 is 4.39 Å². The molecule has 5 heterocycles. The molecule has 0 radical (unpaired) electrons. The van der Waals surface area contributed by atoms with Crippen molar-refractivity contribution in [1.29, 1.82) is 0 Å². The zero-order valence-electron chi connectivity index (χ0n) is 31.6. The first-order chi connectivity index (χ1) is 26.6. The molecule has 1 aliphatic heterocycles. The minimum Gasteiger partial charge on any atom is -0.485 e. The van der Waals surface area contributed by atoms with E-state index in [0.717, 1.165) is 85.7 Å². The van der Waals surface area contributed by atoms with Gasteiger partial charge in [0.2, 0.25) is 11.6 Å². The second-order valence-corrected chi connectivity index (χ2v) is 17.1. The monoisotopic (exact) mass is 884 g/mol. The van der Waals surface area contributed by atoms with Gasteiger partial charge in [0.25, 0.3) is 0 Å². The molecule has 0 aliphatic carbocycles. The van der Waals surface area contributed by atoms with Gasteiger partial charge in [-0.1, -0.05) is 13.3 Å². The van der Waals surface area contributed by atoms with Gasteiger partial charge in [0.1, 0.15) is 21.9 Å². The van der Waals surface area contributed by atoms with Gasteiger partial charge in [-0.15, -0.1) is 5.10 Å². The highest BCUT2D eigenvalue weighted by molar-refractivity contribution is 14.1. The standard InChI is InChI=1S/C37H46FIN12O3S/c1-6-8-32(39-53)51-30-12-9-26(19-31(30)47(5)37(51)52)49-17-15-48(16-18-49)14-7-13-46(4)55-27-10-11-29(28(38)20-27)43-36-44-35-34(54-24(2)3)33(25-21-41-42-22-25)40-23-50(35)45-36/h9-12,19-24,32H,6-8,13-18H2,1-5H3,(H,41,42)(H,43,45). The van der Waals surface area contributed by atoms with E-state index in [4.69, 9.17) is 4.74 Å². The first kappa shape index (κ1) is 38.9. The van der Waals surface area contributed by atoms with E-state index in [9.17, 15) is 7.86 Å². The number of alkyl halides is 1. The lowest BCUT2D eigenvalue weighted by Crippen LogP contribution is -2.46. The number of aromatic amines is 1. The van der Waals surface area contributed by atoms with Gasteiger partial charge in [0, 0.05) is 62.1 Å². The summed E-state index contributed by atoms with van der Waals surface area (Å²) in [6.45, 7) is 11.4. The summed E-state index contributed by atoms with van der Waals surface area (Å²) in [7, 11) is 3.82. The number of imidazole rings is 1. The molecule has 2 aromatic carbocycles. The van der Waals surface area contributed by atoms with E-state index in [-0.39, 0.29) is 27.5 Å². The fraction of sp³-hybridized carbons (Fsp3) is 0.432. The molecule has 6 aromatic rings. The molecule has 4 aromatic heterocycles.